The number of hydrogen-bond acceptors (Lipinski definition) is 5. The predicted octanol–water partition coefficient (Wildman–Crippen LogP) is 3.95. The Morgan fingerprint density at radius 1 is 1.27 bits per heavy atom. The highest BCUT2D eigenvalue weighted by Gasteiger charge is 2.22. The first-order valence-electron chi connectivity index (χ1n) is 6.32. The number of furan rings is 1. The van der Waals surface area contributed by atoms with Crippen molar-refractivity contribution in [3.63, 3.8) is 0 Å². The first-order valence-corrected chi connectivity index (χ1v) is 8.62. The Kier molecular flexibility index (Phi) is 4.84. The molecule has 1 N–H and O–H groups in total. The summed E-state index contributed by atoms with van der Waals surface area (Å²) in [6, 6.07) is 11.4. The topological polar surface area (TPSA) is 51.5 Å². The van der Waals surface area contributed by atoms with Crippen molar-refractivity contribution in [3.8, 4) is 5.75 Å². The Balaban J connectivity index is 1.64. The summed E-state index contributed by atoms with van der Waals surface area (Å²) in [5, 5.41) is 2.57. The summed E-state index contributed by atoms with van der Waals surface area (Å²) in [6.45, 7) is 0.335. The minimum atomic E-state index is -0.192. The average Bonchev–Trinajstić information content (AvgIpc) is 3.05. The highest BCUT2D eigenvalue weighted by Crippen LogP contribution is 2.26. The number of rotatable bonds is 4. The molecule has 3 rings (SSSR count). The maximum absolute atomic E-state index is 11.6. The molecule has 22 heavy (non-hydrogen) atoms. The van der Waals surface area contributed by atoms with E-state index >= 15 is 0 Å². The smallest absolute Gasteiger partial charge is 0.263 e. The Morgan fingerprint density at radius 2 is 2.05 bits per heavy atom. The molecule has 0 saturated carbocycles. The number of ether oxygens (including phenoxy) is 1. The van der Waals surface area contributed by atoms with Gasteiger partial charge in [-0.2, -0.15) is 0 Å². The number of thiocarbonyl (C=S) groups is 1. The number of halogens is 1. The van der Waals surface area contributed by atoms with Crippen LogP contribution in [-0.4, -0.2) is 10.2 Å². The van der Waals surface area contributed by atoms with E-state index in [1.165, 1.54) is 11.8 Å². The standard InChI is InChI=1S/C15H10INO3S2/c16-9-1-3-10(4-2-9)19-8-12-6-5-11(20-12)7-13-14(18)17-15(21)22-13/h1-7H,8H2,(H,17,18,21)/b13-7-. The van der Waals surface area contributed by atoms with Crippen molar-refractivity contribution in [3.05, 3.63) is 56.4 Å². The van der Waals surface area contributed by atoms with Crippen molar-refractivity contribution >= 4 is 62.9 Å². The van der Waals surface area contributed by atoms with Gasteiger partial charge in [-0.3, -0.25) is 4.79 Å². The van der Waals surface area contributed by atoms with Gasteiger partial charge in [0.2, 0.25) is 0 Å². The number of benzene rings is 1. The van der Waals surface area contributed by atoms with Crippen LogP contribution in [0.2, 0.25) is 0 Å². The molecule has 7 heteroatoms. The first-order chi connectivity index (χ1) is 10.6. The van der Waals surface area contributed by atoms with E-state index < -0.39 is 0 Å². The molecule has 1 aromatic heterocycles. The van der Waals surface area contributed by atoms with E-state index in [0.29, 0.717) is 27.4 Å². The van der Waals surface area contributed by atoms with E-state index in [0.717, 1.165) is 9.32 Å². The van der Waals surface area contributed by atoms with E-state index in [1.54, 1.807) is 12.1 Å². The maximum Gasteiger partial charge on any atom is 0.263 e. The number of nitrogens with one attached hydrogen (secondary N) is 1. The van der Waals surface area contributed by atoms with Gasteiger partial charge in [-0.1, -0.05) is 24.0 Å². The van der Waals surface area contributed by atoms with Crippen LogP contribution in [0.15, 0.2) is 45.7 Å². The molecule has 2 heterocycles. The van der Waals surface area contributed by atoms with E-state index in [-0.39, 0.29) is 5.91 Å². The van der Waals surface area contributed by atoms with Crippen LogP contribution in [0.3, 0.4) is 0 Å². The Labute approximate surface area is 150 Å². The van der Waals surface area contributed by atoms with Crippen molar-refractivity contribution in [1.29, 1.82) is 0 Å². The largest absolute Gasteiger partial charge is 0.486 e. The number of amides is 1. The Bertz CT molecular complexity index is 752. The van der Waals surface area contributed by atoms with Crippen LogP contribution in [0.5, 0.6) is 5.75 Å². The van der Waals surface area contributed by atoms with Gasteiger partial charge in [-0.15, -0.1) is 0 Å². The van der Waals surface area contributed by atoms with Gasteiger partial charge in [0.15, 0.2) is 0 Å². The molecule has 4 nitrogen and oxygen atoms in total. The predicted molar refractivity (Wildman–Crippen MR) is 98.5 cm³/mol. The zero-order valence-electron chi connectivity index (χ0n) is 11.2. The zero-order valence-corrected chi connectivity index (χ0v) is 15.0. The van der Waals surface area contributed by atoms with Crippen molar-refractivity contribution in [1.82, 2.24) is 5.32 Å². The van der Waals surface area contributed by atoms with Crippen LogP contribution >= 0.6 is 46.6 Å². The minimum absolute atomic E-state index is 0.192. The monoisotopic (exact) mass is 443 g/mol. The highest BCUT2D eigenvalue weighted by atomic mass is 127. The molecule has 0 atom stereocenters. The third kappa shape index (κ3) is 3.90. The SMILES string of the molecule is O=C1NC(=S)S/C1=C\c1ccc(COc2ccc(I)cc2)o1. The molecular weight excluding hydrogens is 433 g/mol. The number of thioether (sulfide) groups is 1. The zero-order chi connectivity index (χ0) is 15.5. The summed E-state index contributed by atoms with van der Waals surface area (Å²) in [5.41, 5.74) is 0. The van der Waals surface area contributed by atoms with Crippen LogP contribution in [0.1, 0.15) is 11.5 Å². The average molecular weight is 443 g/mol. The van der Waals surface area contributed by atoms with Crippen molar-refractivity contribution < 1.29 is 13.9 Å². The van der Waals surface area contributed by atoms with Gasteiger partial charge in [0.25, 0.3) is 5.91 Å². The third-order valence-electron chi connectivity index (χ3n) is 2.79. The molecule has 1 fully saturated rings. The van der Waals surface area contributed by atoms with E-state index in [9.17, 15) is 4.79 Å². The Morgan fingerprint density at radius 3 is 2.73 bits per heavy atom. The van der Waals surface area contributed by atoms with Crippen LogP contribution in [0.4, 0.5) is 0 Å². The second-order valence-corrected chi connectivity index (χ2v) is 7.36. The van der Waals surface area contributed by atoms with Gasteiger partial charge in [0.05, 0.1) is 4.91 Å². The quantitative estimate of drug-likeness (QED) is 0.441. The number of carbonyl (C=O) groups excluding carboxylic acids is 1. The Hall–Kier alpha value is -1.32. The fourth-order valence-corrected chi connectivity index (χ4v) is 3.17. The third-order valence-corrected chi connectivity index (χ3v) is 4.67. The van der Waals surface area contributed by atoms with Crippen molar-refractivity contribution in [2.75, 3.05) is 0 Å². The summed E-state index contributed by atoms with van der Waals surface area (Å²) < 4.78 is 12.9. The van der Waals surface area contributed by atoms with Gasteiger partial charge in [-0.25, -0.2) is 0 Å². The molecule has 1 aliphatic heterocycles. The summed E-state index contributed by atoms with van der Waals surface area (Å²) >= 11 is 8.41. The van der Waals surface area contributed by atoms with E-state index in [1.807, 2.05) is 30.3 Å². The first kappa shape index (κ1) is 15.6. The lowest BCUT2D eigenvalue weighted by Crippen LogP contribution is -2.17. The lowest BCUT2D eigenvalue weighted by atomic mass is 10.3. The van der Waals surface area contributed by atoms with Gasteiger partial charge >= 0.3 is 0 Å². The summed E-state index contributed by atoms with van der Waals surface area (Å²) in [5.74, 6) is 1.89. The van der Waals surface area contributed by atoms with Crippen molar-refractivity contribution in [2.45, 2.75) is 6.61 Å². The molecule has 1 aliphatic rings. The second kappa shape index (κ2) is 6.84. The second-order valence-electron chi connectivity index (χ2n) is 4.40. The van der Waals surface area contributed by atoms with Crippen LogP contribution in [0.25, 0.3) is 6.08 Å². The molecule has 0 spiro atoms. The van der Waals surface area contributed by atoms with Gasteiger partial charge in [-0.05, 0) is 59.0 Å². The lowest BCUT2D eigenvalue weighted by Gasteiger charge is -2.03. The molecule has 1 amide bonds. The molecule has 1 aromatic carbocycles. The fraction of sp³-hybridized carbons (Fsp3) is 0.0667. The summed E-state index contributed by atoms with van der Waals surface area (Å²) in [6.07, 6.45) is 1.67. The maximum atomic E-state index is 11.6. The molecule has 0 unspecified atom stereocenters. The van der Waals surface area contributed by atoms with E-state index in [4.69, 9.17) is 21.4 Å². The van der Waals surface area contributed by atoms with Crippen molar-refractivity contribution in [2.24, 2.45) is 0 Å². The highest BCUT2D eigenvalue weighted by molar-refractivity contribution is 14.1. The van der Waals surface area contributed by atoms with Gasteiger partial charge in [0.1, 0.15) is 28.2 Å². The fourth-order valence-electron chi connectivity index (χ4n) is 1.79. The molecule has 0 radical (unpaired) electrons. The molecular formula is C15H10INO3S2. The molecule has 0 aliphatic carbocycles. The summed E-state index contributed by atoms with van der Waals surface area (Å²) in [4.78, 5) is 12.1. The molecule has 1 saturated heterocycles. The molecule has 0 bridgehead atoms. The van der Waals surface area contributed by atoms with Crippen LogP contribution in [0, 0.1) is 3.57 Å². The normalized spacial score (nSPS) is 16.1. The van der Waals surface area contributed by atoms with Gasteiger partial charge in [0, 0.05) is 9.65 Å². The molecule has 2 aromatic rings. The van der Waals surface area contributed by atoms with E-state index in [2.05, 4.69) is 27.9 Å². The van der Waals surface area contributed by atoms with Gasteiger partial charge < -0.3 is 14.5 Å². The summed E-state index contributed by atoms with van der Waals surface area (Å²) in [7, 11) is 0. The minimum Gasteiger partial charge on any atom is -0.486 e. The number of hydrogen-bond donors (Lipinski definition) is 1. The van der Waals surface area contributed by atoms with Crippen LogP contribution in [-0.2, 0) is 11.4 Å². The lowest BCUT2D eigenvalue weighted by molar-refractivity contribution is -0.115. The van der Waals surface area contributed by atoms with Crippen LogP contribution < -0.4 is 10.1 Å². The molecule has 112 valence electrons. The number of carbonyl (C=O) groups is 1.